The smallest absolute Gasteiger partial charge is 0.0701 e. The van der Waals surface area contributed by atoms with Crippen LogP contribution in [0.5, 0.6) is 0 Å². The number of rotatable bonds is 14. The molecular weight excluding hydrogens is 250 g/mol. The zero-order chi connectivity index (χ0) is 13.3. The zero-order valence-electron chi connectivity index (χ0n) is 11.4. The molecule has 0 saturated carbocycles. The van der Waals surface area contributed by atoms with Crippen LogP contribution < -0.4 is 0 Å². The molecule has 0 aromatic heterocycles. The van der Waals surface area contributed by atoms with Crippen LogP contribution in [-0.4, -0.2) is 51.3 Å². The molecule has 0 aromatic rings. The molecule has 0 fully saturated rings. The van der Waals surface area contributed by atoms with Crippen molar-refractivity contribution in [3.63, 3.8) is 0 Å². The molecule has 0 bridgehead atoms. The highest BCUT2D eigenvalue weighted by Crippen LogP contribution is 1.93. The Morgan fingerprint density at radius 1 is 0.833 bits per heavy atom. The van der Waals surface area contributed by atoms with Gasteiger partial charge in [0, 0.05) is 13.2 Å². The van der Waals surface area contributed by atoms with Crippen LogP contribution in [0.2, 0.25) is 0 Å². The van der Waals surface area contributed by atoms with Crippen LogP contribution in [0.15, 0.2) is 4.99 Å². The maximum atomic E-state index is 5.41. The standard InChI is InChI=1S/C13H25NO3S/c1-2-3-4-7-15-9-11-17-12-10-16-8-5-6-14-13-18/h2-12H2,1H3. The molecule has 0 rings (SSSR count). The van der Waals surface area contributed by atoms with E-state index in [0.717, 1.165) is 19.4 Å². The number of unbranched alkanes of at least 4 members (excludes halogenated alkanes) is 2. The first kappa shape index (κ1) is 17.7. The summed E-state index contributed by atoms with van der Waals surface area (Å²) in [5.41, 5.74) is 0. The topological polar surface area (TPSA) is 40.0 Å². The average molecular weight is 275 g/mol. The first-order valence-electron chi connectivity index (χ1n) is 6.68. The van der Waals surface area contributed by atoms with Crippen molar-refractivity contribution in [1.29, 1.82) is 0 Å². The fourth-order valence-corrected chi connectivity index (χ4v) is 1.38. The normalized spacial score (nSPS) is 10.3. The van der Waals surface area contributed by atoms with Crippen LogP contribution in [0.3, 0.4) is 0 Å². The fourth-order valence-electron chi connectivity index (χ4n) is 1.29. The van der Waals surface area contributed by atoms with E-state index in [2.05, 4.69) is 29.3 Å². The summed E-state index contributed by atoms with van der Waals surface area (Å²) in [7, 11) is 0. The fraction of sp³-hybridized carbons (Fsp3) is 0.923. The summed E-state index contributed by atoms with van der Waals surface area (Å²) in [6.45, 7) is 6.97. The zero-order valence-corrected chi connectivity index (χ0v) is 12.2. The highest BCUT2D eigenvalue weighted by Gasteiger charge is 1.92. The Hall–Kier alpha value is -0.320. The Morgan fingerprint density at radius 3 is 1.94 bits per heavy atom. The third-order valence-corrected chi connectivity index (χ3v) is 2.39. The SMILES string of the molecule is CCCCCOCCOCCOCCCN=C=S. The number of nitrogens with zero attached hydrogens (tertiary/aromatic N) is 1. The number of ether oxygens (including phenoxy) is 3. The summed E-state index contributed by atoms with van der Waals surface area (Å²) >= 11 is 4.46. The van der Waals surface area contributed by atoms with Gasteiger partial charge in [-0.3, -0.25) is 0 Å². The molecule has 0 aliphatic heterocycles. The molecule has 0 aliphatic rings. The van der Waals surface area contributed by atoms with Crippen molar-refractivity contribution in [2.75, 3.05) is 46.2 Å². The van der Waals surface area contributed by atoms with Crippen molar-refractivity contribution >= 4 is 17.4 Å². The van der Waals surface area contributed by atoms with Crippen molar-refractivity contribution in [3.05, 3.63) is 0 Å². The minimum Gasteiger partial charge on any atom is -0.379 e. The molecule has 0 radical (unpaired) electrons. The molecule has 0 aromatic carbocycles. The van der Waals surface area contributed by atoms with Gasteiger partial charge in [0.05, 0.1) is 38.1 Å². The number of aliphatic imine (C=N–C) groups is 1. The van der Waals surface area contributed by atoms with Gasteiger partial charge in [0.25, 0.3) is 0 Å². The van der Waals surface area contributed by atoms with E-state index in [1.165, 1.54) is 12.8 Å². The van der Waals surface area contributed by atoms with Gasteiger partial charge in [-0.1, -0.05) is 19.8 Å². The lowest BCUT2D eigenvalue weighted by molar-refractivity contribution is 0.0138. The predicted octanol–water partition coefficient (Wildman–Crippen LogP) is 2.72. The van der Waals surface area contributed by atoms with Gasteiger partial charge in [-0.05, 0) is 25.1 Å². The van der Waals surface area contributed by atoms with E-state index in [0.29, 0.717) is 39.6 Å². The molecule has 0 unspecified atom stereocenters. The molecule has 0 spiro atoms. The molecule has 18 heavy (non-hydrogen) atoms. The first-order chi connectivity index (χ1) is 8.91. The van der Waals surface area contributed by atoms with Gasteiger partial charge in [0.2, 0.25) is 0 Å². The second-order valence-electron chi connectivity index (χ2n) is 3.87. The third kappa shape index (κ3) is 15.7. The summed E-state index contributed by atoms with van der Waals surface area (Å²) in [5, 5.41) is 2.33. The van der Waals surface area contributed by atoms with Crippen LogP contribution >= 0.6 is 12.2 Å². The summed E-state index contributed by atoms with van der Waals surface area (Å²) < 4.78 is 16.1. The van der Waals surface area contributed by atoms with E-state index in [1.807, 2.05) is 0 Å². The van der Waals surface area contributed by atoms with Gasteiger partial charge in [-0.2, -0.15) is 0 Å². The quantitative estimate of drug-likeness (QED) is 0.278. The Labute approximate surface area is 116 Å². The molecule has 0 heterocycles. The van der Waals surface area contributed by atoms with E-state index < -0.39 is 0 Å². The second kappa shape index (κ2) is 16.7. The Morgan fingerprint density at radius 2 is 1.39 bits per heavy atom. The summed E-state index contributed by atoms with van der Waals surface area (Å²) in [4.78, 5) is 3.80. The highest BCUT2D eigenvalue weighted by atomic mass is 32.1. The van der Waals surface area contributed by atoms with Crippen LogP contribution in [0.25, 0.3) is 0 Å². The lowest BCUT2D eigenvalue weighted by atomic mass is 10.3. The lowest BCUT2D eigenvalue weighted by Gasteiger charge is -2.06. The summed E-state index contributed by atoms with van der Waals surface area (Å²) in [5.74, 6) is 0. The van der Waals surface area contributed by atoms with Gasteiger partial charge < -0.3 is 14.2 Å². The third-order valence-electron chi connectivity index (χ3n) is 2.26. The molecule has 0 N–H and O–H groups in total. The van der Waals surface area contributed by atoms with Gasteiger partial charge >= 0.3 is 0 Å². The Balaban J connectivity index is 2.92. The Bertz CT molecular complexity index is 208. The maximum Gasteiger partial charge on any atom is 0.0701 e. The van der Waals surface area contributed by atoms with E-state index in [-0.39, 0.29) is 0 Å². The molecule has 0 atom stereocenters. The van der Waals surface area contributed by atoms with Gasteiger partial charge in [0.1, 0.15) is 0 Å². The molecule has 106 valence electrons. The van der Waals surface area contributed by atoms with Crippen molar-refractivity contribution < 1.29 is 14.2 Å². The van der Waals surface area contributed by atoms with E-state index in [4.69, 9.17) is 14.2 Å². The van der Waals surface area contributed by atoms with Crippen molar-refractivity contribution in [2.24, 2.45) is 4.99 Å². The van der Waals surface area contributed by atoms with Gasteiger partial charge in [-0.15, -0.1) is 0 Å². The van der Waals surface area contributed by atoms with E-state index in [1.54, 1.807) is 0 Å². The minimum atomic E-state index is 0.620. The Kier molecular flexibility index (Phi) is 16.4. The van der Waals surface area contributed by atoms with Crippen molar-refractivity contribution in [2.45, 2.75) is 32.6 Å². The minimum absolute atomic E-state index is 0.620. The monoisotopic (exact) mass is 275 g/mol. The van der Waals surface area contributed by atoms with Crippen LogP contribution in [-0.2, 0) is 14.2 Å². The lowest BCUT2D eigenvalue weighted by Crippen LogP contribution is -2.10. The average Bonchev–Trinajstić information content (AvgIpc) is 2.39. The van der Waals surface area contributed by atoms with Crippen molar-refractivity contribution in [1.82, 2.24) is 0 Å². The second-order valence-corrected chi connectivity index (χ2v) is 4.05. The molecule has 0 amide bonds. The largest absolute Gasteiger partial charge is 0.379 e. The number of hydrogen-bond acceptors (Lipinski definition) is 5. The van der Waals surface area contributed by atoms with Crippen molar-refractivity contribution in [3.8, 4) is 0 Å². The summed E-state index contributed by atoms with van der Waals surface area (Å²) in [6, 6.07) is 0. The van der Waals surface area contributed by atoms with Gasteiger partial charge in [0.15, 0.2) is 0 Å². The number of hydrogen-bond donors (Lipinski definition) is 0. The van der Waals surface area contributed by atoms with E-state index in [9.17, 15) is 0 Å². The van der Waals surface area contributed by atoms with Crippen LogP contribution in [0, 0.1) is 0 Å². The molecule has 0 saturated heterocycles. The van der Waals surface area contributed by atoms with Gasteiger partial charge in [-0.25, -0.2) is 4.99 Å². The highest BCUT2D eigenvalue weighted by molar-refractivity contribution is 7.78. The first-order valence-corrected chi connectivity index (χ1v) is 7.09. The molecule has 5 heteroatoms. The predicted molar refractivity (Wildman–Crippen MR) is 76.5 cm³/mol. The summed E-state index contributed by atoms with van der Waals surface area (Å²) in [6.07, 6.45) is 4.49. The number of isothiocyanates is 1. The van der Waals surface area contributed by atoms with Crippen LogP contribution in [0.4, 0.5) is 0 Å². The molecule has 4 nitrogen and oxygen atoms in total. The maximum absolute atomic E-state index is 5.41. The van der Waals surface area contributed by atoms with Crippen LogP contribution in [0.1, 0.15) is 32.6 Å². The molecule has 0 aliphatic carbocycles. The van der Waals surface area contributed by atoms with E-state index >= 15 is 0 Å². The molecular formula is C13H25NO3S. The number of thiocarbonyl (C=S) groups is 1.